The Hall–Kier alpha value is -1.32. The number of aliphatic hydroxyl groups is 1. The van der Waals surface area contributed by atoms with E-state index in [-0.39, 0.29) is 0 Å². The van der Waals surface area contributed by atoms with Gasteiger partial charge >= 0.3 is 0 Å². The quantitative estimate of drug-likeness (QED) is 0.911. The molecule has 94 valence electrons. The third-order valence-corrected chi connectivity index (χ3v) is 4.65. The summed E-state index contributed by atoms with van der Waals surface area (Å²) < 4.78 is 5.26. The molecular formula is C15H16O2S. The fraction of sp³-hybridized carbons (Fsp3) is 0.333. The van der Waals surface area contributed by atoms with E-state index in [0.29, 0.717) is 5.92 Å². The fourth-order valence-electron chi connectivity index (χ4n) is 2.67. The summed E-state index contributed by atoms with van der Waals surface area (Å²) in [6.07, 6.45) is 1.45. The lowest BCUT2D eigenvalue weighted by atomic mass is 9.75. The summed E-state index contributed by atoms with van der Waals surface area (Å²) in [4.78, 5) is 0.946. The lowest BCUT2D eigenvalue weighted by molar-refractivity contribution is 0.154. The molecule has 1 N–H and O–H groups in total. The van der Waals surface area contributed by atoms with Crippen LogP contribution < -0.4 is 4.74 Å². The van der Waals surface area contributed by atoms with Crippen LogP contribution in [0.25, 0.3) is 0 Å². The second kappa shape index (κ2) is 4.75. The van der Waals surface area contributed by atoms with Crippen molar-refractivity contribution < 1.29 is 9.84 Å². The van der Waals surface area contributed by atoms with Crippen molar-refractivity contribution in [3.8, 4) is 5.75 Å². The van der Waals surface area contributed by atoms with Gasteiger partial charge in [-0.15, -0.1) is 11.3 Å². The maximum absolute atomic E-state index is 10.3. The Bertz CT molecular complexity index is 547. The number of ether oxygens (including phenoxy) is 1. The molecule has 18 heavy (non-hydrogen) atoms. The van der Waals surface area contributed by atoms with Crippen LogP contribution in [0, 0.1) is 0 Å². The van der Waals surface area contributed by atoms with Crippen LogP contribution in [0.15, 0.2) is 35.7 Å². The third kappa shape index (κ3) is 1.93. The summed E-state index contributed by atoms with van der Waals surface area (Å²) in [7, 11) is 1.65. The molecule has 0 amide bonds. The summed E-state index contributed by atoms with van der Waals surface area (Å²) in [5, 5.41) is 12.3. The van der Waals surface area contributed by atoms with E-state index in [1.54, 1.807) is 18.4 Å². The van der Waals surface area contributed by atoms with Gasteiger partial charge in [-0.3, -0.25) is 0 Å². The largest absolute Gasteiger partial charge is 0.495 e. The van der Waals surface area contributed by atoms with Gasteiger partial charge in [-0.25, -0.2) is 0 Å². The Kier molecular flexibility index (Phi) is 3.10. The Balaban J connectivity index is 1.72. The molecule has 1 heterocycles. The molecule has 2 unspecified atom stereocenters. The van der Waals surface area contributed by atoms with Crippen molar-refractivity contribution in [1.29, 1.82) is 0 Å². The van der Waals surface area contributed by atoms with Crippen molar-refractivity contribution in [2.24, 2.45) is 0 Å². The molecule has 1 aliphatic carbocycles. The summed E-state index contributed by atoms with van der Waals surface area (Å²) in [6, 6.07) is 10.4. The Morgan fingerprint density at radius 3 is 3.00 bits per heavy atom. The number of benzene rings is 1. The lowest BCUT2D eigenvalue weighted by Gasteiger charge is -2.31. The molecule has 3 heteroatoms. The molecule has 2 atom stereocenters. The van der Waals surface area contributed by atoms with E-state index in [1.807, 2.05) is 11.4 Å². The van der Waals surface area contributed by atoms with Gasteiger partial charge in [-0.05, 0) is 41.3 Å². The first kappa shape index (κ1) is 11.8. The fourth-order valence-corrected chi connectivity index (χ4v) is 3.53. The molecule has 1 aromatic heterocycles. The maximum atomic E-state index is 10.3. The predicted molar refractivity (Wildman–Crippen MR) is 73.3 cm³/mol. The second-order valence-electron chi connectivity index (χ2n) is 4.70. The highest BCUT2D eigenvalue weighted by molar-refractivity contribution is 7.10. The van der Waals surface area contributed by atoms with Gasteiger partial charge in [0, 0.05) is 0 Å². The van der Waals surface area contributed by atoms with Crippen molar-refractivity contribution in [3.63, 3.8) is 0 Å². The van der Waals surface area contributed by atoms with Crippen LogP contribution in [0.1, 0.15) is 34.4 Å². The predicted octanol–water partition coefficient (Wildman–Crippen LogP) is 3.52. The van der Waals surface area contributed by atoms with Crippen LogP contribution in [-0.2, 0) is 6.42 Å². The first-order valence-corrected chi connectivity index (χ1v) is 7.05. The summed E-state index contributed by atoms with van der Waals surface area (Å²) in [6.45, 7) is 0. The molecule has 1 aromatic carbocycles. The van der Waals surface area contributed by atoms with E-state index >= 15 is 0 Å². The van der Waals surface area contributed by atoms with Crippen molar-refractivity contribution in [2.45, 2.75) is 24.9 Å². The summed E-state index contributed by atoms with van der Waals surface area (Å²) >= 11 is 1.57. The zero-order valence-corrected chi connectivity index (χ0v) is 11.1. The van der Waals surface area contributed by atoms with Crippen LogP contribution in [0.5, 0.6) is 5.75 Å². The number of rotatable bonds is 4. The zero-order valence-electron chi connectivity index (χ0n) is 10.3. The normalized spacial score (nSPS) is 18.9. The van der Waals surface area contributed by atoms with Gasteiger partial charge in [0.05, 0.1) is 18.1 Å². The van der Waals surface area contributed by atoms with Gasteiger partial charge in [0.2, 0.25) is 0 Å². The molecule has 0 fully saturated rings. The molecule has 0 saturated carbocycles. The van der Waals surface area contributed by atoms with Crippen molar-refractivity contribution in [2.75, 3.05) is 7.11 Å². The molecule has 0 saturated heterocycles. The van der Waals surface area contributed by atoms with E-state index in [0.717, 1.165) is 23.5 Å². The monoisotopic (exact) mass is 260 g/mol. The van der Waals surface area contributed by atoms with E-state index in [4.69, 9.17) is 4.74 Å². The molecule has 2 nitrogen and oxygen atoms in total. The lowest BCUT2D eigenvalue weighted by Crippen LogP contribution is -2.19. The number of fused-ring (bicyclic) bond motifs is 1. The molecule has 0 radical (unpaired) electrons. The SMILES string of the molecule is COc1ccsc1C(O)CC1Cc2ccccc21. The van der Waals surface area contributed by atoms with Gasteiger partial charge in [-0.2, -0.15) is 0 Å². The van der Waals surface area contributed by atoms with Crippen molar-refractivity contribution in [3.05, 3.63) is 51.7 Å². The van der Waals surface area contributed by atoms with E-state index < -0.39 is 6.10 Å². The van der Waals surface area contributed by atoms with Gasteiger partial charge in [-0.1, -0.05) is 24.3 Å². The van der Waals surface area contributed by atoms with Crippen LogP contribution in [-0.4, -0.2) is 12.2 Å². The standard InChI is InChI=1S/C15H16O2S/c1-17-14-6-7-18-15(14)13(16)9-11-8-10-4-2-3-5-12(10)11/h2-7,11,13,16H,8-9H2,1H3. The first-order chi connectivity index (χ1) is 8.79. The van der Waals surface area contributed by atoms with Crippen molar-refractivity contribution >= 4 is 11.3 Å². The van der Waals surface area contributed by atoms with Gasteiger partial charge in [0.1, 0.15) is 5.75 Å². The highest BCUT2D eigenvalue weighted by Gasteiger charge is 2.29. The van der Waals surface area contributed by atoms with Crippen LogP contribution in [0.2, 0.25) is 0 Å². The molecule has 0 bridgehead atoms. The minimum Gasteiger partial charge on any atom is -0.495 e. The highest BCUT2D eigenvalue weighted by atomic mass is 32.1. The second-order valence-corrected chi connectivity index (χ2v) is 5.65. The Morgan fingerprint density at radius 1 is 1.39 bits per heavy atom. The average Bonchev–Trinajstić information content (AvgIpc) is 2.84. The maximum Gasteiger partial charge on any atom is 0.135 e. The number of aliphatic hydroxyl groups excluding tert-OH is 1. The van der Waals surface area contributed by atoms with E-state index in [9.17, 15) is 5.11 Å². The van der Waals surface area contributed by atoms with Crippen LogP contribution in [0.3, 0.4) is 0 Å². The van der Waals surface area contributed by atoms with Gasteiger partial charge < -0.3 is 9.84 Å². The number of hydrogen-bond acceptors (Lipinski definition) is 3. The average molecular weight is 260 g/mol. The number of hydrogen-bond donors (Lipinski definition) is 1. The van der Waals surface area contributed by atoms with Gasteiger partial charge in [0.15, 0.2) is 0 Å². The molecule has 3 rings (SSSR count). The molecule has 0 aliphatic heterocycles. The van der Waals surface area contributed by atoms with E-state index in [1.165, 1.54) is 11.1 Å². The van der Waals surface area contributed by atoms with Crippen molar-refractivity contribution in [1.82, 2.24) is 0 Å². The van der Waals surface area contributed by atoms with Crippen LogP contribution in [0.4, 0.5) is 0 Å². The minimum atomic E-state index is -0.418. The summed E-state index contributed by atoms with van der Waals surface area (Å²) in [5.41, 5.74) is 2.82. The third-order valence-electron chi connectivity index (χ3n) is 3.65. The molecular weight excluding hydrogens is 244 g/mol. The molecule has 1 aliphatic rings. The van der Waals surface area contributed by atoms with Crippen LogP contribution >= 0.6 is 11.3 Å². The van der Waals surface area contributed by atoms with E-state index in [2.05, 4.69) is 24.3 Å². The smallest absolute Gasteiger partial charge is 0.135 e. The van der Waals surface area contributed by atoms with Gasteiger partial charge in [0.25, 0.3) is 0 Å². The Morgan fingerprint density at radius 2 is 2.22 bits per heavy atom. The summed E-state index contributed by atoms with van der Waals surface area (Å²) in [5.74, 6) is 1.29. The first-order valence-electron chi connectivity index (χ1n) is 6.17. The number of thiophene rings is 1. The molecule has 0 spiro atoms. The highest BCUT2D eigenvalue weighted by Crippen LogP contribution is 2.43. The number of methoxy groups -OCH3 is 1. The minimum absolute atomic E-state index is 0.418. The Labute approximate surface area is 111 Å². The molecule has 2 aromatic rings. The zero-order chi connectivity index (χ0) is 12.5. The topological polar surface area (TPSA) is 29.5 Å².